The van der Waals surface area contributed by atoms with Gasteiger partial charge in [0.15, 0.2) is 9.84 Å². The highest BCUT2D eigenvalue weighted by atomic mass is 32.2. The van der Waals surface area contributed by atoms with Crippen LogP contribution in [0.25, 0.3) is 0 Å². The first-order valence-corrected chi connectivity index (χ1v) is 8.05. The summed E-state index contributed by atoms with van der Waals surface area (Å²) in [6, 6.07) is 9.37. The Hall–Kier alpha value is -0.910. The van der Waals surface area contributed by atoms with Gasteiger partial charge in [0, 0.05) is 6.04 Å². The number of aliphatic hydroxyl groups is 1. The van der Waals surface area contributed by atoms with Gasteiger partial charge < -0.3 is 10.4 Å². The molecule has 1 aromatic carbocycles. The molecule has 1 aliphatic heterocycles. The molecule has 4 nitrogen and oxygen atoms in total. The zero-order valence-electron chi connectivity index (χ0n) is 10.2. The predicted molar refractivity (Wildman–Crippen MR) is 71.1 cm³/mol. The van der Waals surface area contributed by atoms with Crippen LogP contribution >= 0.6 is 0 Å². The summed E-state index contributed by atoms with van der Waals surface area (Å²) in [7, 11) is -2.91. The highest BCUT2D eigenvalue weighted by molar-refractivity contribution is 7.91. The highest BCUT2D eigenvalue weighted by Gasteiger charge is 2.26. The fourth-order valence-electron chi connectivity index (χ4n) is 2.38. The van der Waals surface area contributed by atoms with E-state index in [1.165, 1.54) is 0 Å². The number of nitrogens with one attached hydrogen (secondary N) is 1. The van der Waals surface area contributed by atoms with E-state index in [4.69, 9.17) is 0 Å². The van der Waals surface area contributed by atoms with Gasteiger partial charge in [-0.1, -0.05) is 30.3 Å². The van der Waals surface area contributed by atoms with Crippen molar-refractivity contribution in [1.29, 1.82) is 0 Å². The number of hydrogen-bond donors (Lipinski definition) is 2. The third-order valence-corrected chi connectivity index (χ3v) is 5.11. The number of rotatable bonds is 4. The zero-order chi connectivity index (χ0) is 13.0. The van der Waals surface area contributed by atoms with Crippen LogP contribution in [0.4, 0.5) is 0 Å². The minimum Gasteiger partial charge on any atom is -0.394 e. The second-order valence-electron chi connectivity index (χ2n) is 4.77. The molecule has 1 saturated heterocycles. The summed E-state index contributed by atoms with van der Waals surface area (Å²) in [5.74, 6) is 0.469. The SMILES string of the molecule is O=S1(=O)CCCC(NC(CO)c2ccccc2)C1. The van der Waals surface area contributed by atoms with Crippen molar-refractivity contribution in [3.8, 4) is 0 Å². The van der Waals surface area contributed by atoms with Crippen LogP contribution in [0, 0.1) is 0 Å². The Bertz CT molecular complexity index is 472. The van der Waals surface area contributed by atoms with Gasteiger partial charge in [-0.05, 0) is 18.4 Å². The van der Waals surface area contributed by atoms with E-state index in [-0.39, 0.29) is 24.4 Å². The molecule has 1 aliphatic rings. The number of benzene rings is 1. The Morgan fingerprint density at radius 2 is 2.06 bits per heavy atom. The number of aliphatic hydroxyl groups excluding tert-OH is 1. The summed E-state index contributed by atoms with van der Waals surface area (Å²) in [4.78, 5) is 0. The summed E-state index contributed by atoms with van der Waals surface area (Å²) in [6.07, 6.45) is 1.55. The summed E-state index contributed by atoms with van der Waals surface area (Å²) < 4.78 is 23.1. The van der Waals surface area contributed by atoms with Crippen molar-refractivity contribution in [2.45, 2.75) is 24.9 Å². The average molecular weight is 269 g/mol. The average Bonchev–Trinajstić information content (AvgIpc) is 2.36. The maximum atomic E-state index is 11.6. The van der Waals surface area contributed by atoms with Gasteiger partial charge in [0.1, 0.15) is 0 Å². The van der Waals surface area contributed by atoms with Crippen LogP contribution in [0.1, 0.15) is 24.4 Å². The first-order chi connectivity index (χ1) is 8.61. The molecule has 18 heavy (non-hydrogen) atoms. The van der Waals surface area contributed by atoms with Gasteiger partial charge in [-0.2, -0.15) is 0 Å². The third kappa shape index (κ3) is 3.54. The van der Waals surface area contributed by atoms with E-state index in [9.17, 15) is 13.5 Å². The summed E-state index contributed by atoms with van der Waals surface area (Å²) in [5, 5.41) is 12.7. The van der Waals surface area contributed by atoms with Crippen molar-refractivity contribution < 1.29 is 13.5 Å². The minimum atomic E-state index is -2.91. The molecule has 1 aromatic rings. The molecule has 100 valence electrons. The Morgan fingerprint density at radius 3 is 2.67 bits per heavy atom. The predicted octanol–water partition coefficient (Wildman–Crippen LogP) is 0.887. The fraction of sp³-hybridized carbons (Fsp3) is 0.538. The van der Waals surface area contributed by atoms with Crippen LogP contribution in [0.3, 0.4) is 0 Å². The minimum absolute atomic E-state index is 0.0272. The molecule has 0 bridgehead atoms. The molecule has 2 N–H and O–H groups in total. The maximum Gasteiger partial charge on any atom is 0.151 e. The van der Waals surface area contributed by atoms with Crippen LogP contribution in [-0.2, 0) is 9.84 Å². The van der Waals surface area contributed by atoms with Crippen LogP contribution < -0.4 is 5.32 Å². The van der Waals surface area contributed by atoms with Gasteiger partial charge in [0.2, 0.25) is 0 Å². The van der Waals surface area contributed by atoms with Crippen molar-refractivity contribution >= 4 is 9.84 Å². The first-order valence-electron chi connectivity index (χ1n) is 6.23. The lowest BCUT2D eigenvalue weighted by molar-refractivity contribution is 0.232. The number of hydrogen-bond acceptors (Lipinski definition) is 4. The van der Waals surface area contributed by atoms with Crippen molar-refractivity contribution in [3.05, 3.63) is 35.9 Å². The van der Waals surface area contributed by atoms with E-state index in [1.807, 2.05) is 30.3 Å². The molecule has 2 unspecified atom stereocenters. The molecule has 2 atom stereocenters. The molecular weight excluding hydrogens is 250 g/mol. The monoisotopic (exact) mass is 269 g/mol. The molecule has 1 fully saturated rings. The van der Waals surface area contributed by atoms with Gasteiger partial charge in [-0.25, -0.2) is 8.42 Å². The molecule has 0 radical (unpaired) electrons. The van der Waals surface area contributed by atoms with E-state index in [1.54, 1.807) is 0 Å². The van der Waals surface area contributed by atoms with Gasteiger partial charge in [-0.3, -0.25) is 0 Å². The van der Waals surface area contributed by atoms with Crippen molar-refractivity contribution in [3.63, 3.8) is 0 Å². The Morgan fingerprint density at radius 1 is 1.33 bits per heavy atom. The third-order valence-electron chi connectivity index (χ3n) is 3.28. The molecule has 0 amide bonds. The largest absolute Gasteiger partial charge is 0.394 e. The maximum absolute atomic E-state index is 11.6. The lowest BCUT2D eigenvalue weighted by Crippen LogP contribution is -2.42. The second kappa shape index (κ2) is 5.82. The lowest BCUT2D eigenvalue weighted by Gasteiger charge is -2.27. The normalized spacial score (nSPS) is 24.6. The molecular formula is C13H19NO3S. The highest BCUT2D eigenvalue weighted by Crippen LogP contribution is 2.18. The van der Waals surface area contributed by atoms with E-state index in [0.717, 1.165) is 12.0 Å². The molecule has 2 rings (SSSR count). The molecule has 0 saturated carbocycles. The van der Waals surface area contributed by atoms with E-state index >= 15 is 0 Å². The molecule has 1 heterocycles. The van der Waals surface area contributed by atoms with Crippen LogP contribution in [0.2, 0.25) is 0 Å². The van der Waals surface area contributed by atoms with E-state index in [2.05, 4.69) is 5.32 Å². The van der Waals surface area contributed by atoms with Gasteiger partial charge >= 0.3 is 0 Å². The molecule has 0 aromatic heterocycles. The van der Waals surface area contributed by atoms with E-state index in [0.29, 0.717) is 12.2 Å². The molecule has 0 aliphatic carbocycles. The first kappa shape index (κ1) is 13.5. The smallest absolute Gasteiger partial charge is 0.151 e. The Labute approximate surface area is 108 Å². The fourth-order valence-corrected chi connectivity index (χ4v) is 4.03. The van der Waals surface area contributed by atoms with Gasteiger partial charge in [0.25, 0.3) is 0 Å². The van der Waals surface area contributed by atoms with E-state index < -0.39 is 9.84 Å². The lowest BCUT2D eigenvalue weighted by atomic mass is 10.1. The summed E-state index contributed by atoms with van der Waals surface area (Å²) in [6.45, 7) is -0.0272. The van der Waals surface area contributed by atoms with Gasteiger partial charge in [-0.15, -0.1) is 0 Å². The Kier molecular flexibility index (Phi) is 4.37. The summed E-state index contributed by atoms with van der Waals surface area (Å²) in [5.41, 5.74) is 0.989. The standard InChI is InChI=1S/C13H19NO3S/c15-9-13(11-5-2-1-3-6-11)14-12-7-4-8-18(16,17)10-12/h1-3,5-6,12-15H,4,7-10H2. The number of sulfone groups is 1. The second-order valence-corrected chi connectivity index (χ2v) is 6.99. The summed E-state index contributed by atoms with van der Waals surface area (Å²) >= 11 is 0. The topological polar surface area (TPSA) is 66.4 Å². The van der Waals surface area contributed by atoms with Gasteiger partial charge in [0.05, 0.1) is 24.2 Å². The molecule has 5 heteroatoms. The van der Waals surface area contributed by atoms with Crippen molar-refractivity contribution in [2.75, 3.05) is 18.1 Å². The molecule has 0 spiro atoms. The van der Waals surface area contributed by atoms with Crippen molar-refractivity contribution in [1.82, 2.24) is 5.32 Å². The van der Waals surface area contributed by atoms with Crippen LogP contribution in [0.5, 0.6) is 0 Å². The van der Waals surface area contributed by atoms with Crippen LogP contribution in [-0.4, -0.2) is 37.7 Å². The van der Waals surface area contributed by atoms with Crippen LogP contribution in [0.15, 0.2) is 30.3 Å². The van der Waals surface area contributed by atoms with Crippen molar-refractivity contribution in [2.24, 2.45) is 0 Å². The zero-order valence-corrected chi connectivity index (χ0v) is 11.1. The quantitative estimate of drug-likeness (QED) is 0.852. The Balaban J connectivity index is 2.03.